The van der Waals surface area contributed by atoms with Gasteiger partial charge in [-0.15, -0.1) is 0 Å². The number of rotatable bonds is 6. The summed E-state index contributed by atoms with van der Waals surface area (Å²) in [6.07, 6.45) is 2.36. The summed E-state index contributed by atoms with van der Waals surface area (Å²) in [5.74, 6) is 1.50. The van der Waals surface area contributed by atoms with Crippen LogP contribution in [0.4, 0.5) is 0 Å². The Morgan fingerprint density at radius 2 is 2.38 bits per heavy atom. The summed E-state index contributed by atoms with van der Waals surface area (Å²) in [4.78, 5) is 11.9. The first-order chi connectivity index (χ1) is 10.1. The van der Waals surface area contributed by atoms with Crippen molar-refractivity contribution in [3.8, 4) is 5.75 Å². The lowest BCUT2D eigenvalue weighted by atomic mass is 9.95. The molecule has 116 valence electrons. The molecule has 1 fully saturated rings. The average Bonchev–Trinajstić information content (AvgIpc) is 2.46. The summed E-state index contributed by atoms with van der Waals surface area (Å²) >= 11 is 3.41. The van der Waals surface area contributed by atoms with E-state index >= 15 is 0 Å². The molecule has 1 heterocycles. The van der Waals surface area contributed by atoms with Crippen molar-refractivity contribution in [3.63, 3.8) is 0 Å². The minimum Gasteiger partial charge on any atom is -0.494 e. The monoisotopic (exact) mass is 354 g/mol. The summed E-state index contributed by atoms with van der Waals surface area (Å²) < 4.78 is 6.62. The Kier molecular flexibility index (Phi) is 6.51. The summed E-state index contributed by atoms with van der Waals surface area (Å²) in [5, 5.41) is 6.43. The number of halogens is 1. The number of hydrogen-bond acceptors (Lipinski definition) is 3. The second kappa shape index (κ2) is 8.39. The lowest BCUT2D eigenvalue weighted by Crippen LogP contribution is -2.50. The Morgan fingerprint density at radius 1 is 1.52 bits per heavy atom. The maximum absolute atomic E-state index is 11.9. The molecular formula is C16H23BrN2O2. The maximum atomic E-state index is 11.9. The highest BCUT2D eigenvalue weighted by atomic mass is 79.9. The van der Waals surface area contributed by atoms with Crippen LogP contribution in [0.15, 0.2) is 28.7 Å². The van der Waals surface area contributed by atoms with E-state index in [0.717, 1.165) is 36.2 Å². The Hall–Kier alpha value is -1.07. The van der Waals surface area contributed by atoms with Crippen LogP contribution >= 0.6 is 15.9 Å². The third-order valence-corrected chi connectivity index (χ3v) is 4.28. The van der Waals surface area contributed by atoms with Crippen molar-refractivity contribution in [2.45, 2.75) is 32.2 Å². The Balaban J connectivity index is 1.63. The molecule has 0 radical (unpaired) electrons. The molecule has 1 aliphatic rings. The van der Waals surface area contributed by atoms with E-state index in [4.69, 9.17) is 4.74 Å². The zero-order valence-corrected chi connectivity index (χ0v) is 14.0. The van der Waals surface area contributed by atoms with Gasteiger partial charge >= 0.3 is 0 Å². The number of carbonyl (C=O) groups excluding carboxylic acids is 1. The molecule has 0 bridgehead atoms. The highest BCUT2D eigenvalue weighted by Crippen LogP contribution is 2.18. The fourth-order valence-electron chi connectivity index (χ4n) is 2.44. The quantitative estimate of drug-likeness (QED) is 0.772. The zero-order chi connectivity index (χ0) is 15.1. The molecular weight excluding hydrogens is 332 g/mol. The van der Waals surface area contributed by atoms with Gasteiger partial charge in [0.05, 0.1) is 6.61 Å². The van der Waals surface area contributed by atoms with Crippen molar-refractivity contribution in [1.29, 1.82) is 0 Å². The normalized spacial score (nSPS) is 21.8. The molecule has 2 N–H and O–H groups in total. The Bertz CT molecular complexity index is 467. The van der Waals surface area contributed by atoms with Gasteiger partial charge in [0, 0.05) is 23.5 Å². The van der Waals surface area contributed by atoms with E-state index in [1.807, 2.05) is 24.3 Å². The van der Waals surface area contributed by atoms with E-state index in [2.05, 4.69) is 33.5 Å². The van der Waals surface area contributed by atoms with Gasteiger partial charge in [-0.05, 0) is 43.5 Å². The molecule has 5 heteroatoms. The first-order valence-corrected chi connectivity index (χ1v) is 8.33. The van der Waals surface area contributed by atoms with Crippen molar-refractivity contribution in [2.24, 2.45) is 5.92 Å². The van der Waals surface area contributed by atoms with Crippen LogP contribution in [0.2, 0.25) is 0 Å². The highest BCUT2D eigenvalue weighted by molar-refractivity contribution is 9.10. The van der Waals surface area contributed by atoms with Gasteiger partial charge in [-0.25, -0.2) is 0 Å². The molecule has 0 aliphatic carbocycles. The largest absolute Gasteiger partial charge is 0.494 e. The molecule has 0 aromatic heterocycles. The van der Waals surface area contributed by atoms with Gasteiger partial charge in [-0.3, -0.25) is 4.79 Å². The number of ether oxygens (including phenoxy) is 1. The smallest absolute Gasteiger partial charge is 0.220 e. The standard InChI is InChI=1S/C16H23BrN2O2/c1-12-7-8-18-11-15(12)19-16(20)6-3-9-21-14-5-2-4-13(17)10-14/h2,4-5,10,12,15,18H,3,6-9,11H2,1H3,(H,19,20). The summed E-state index contributed by atoms with van der Waals surface area (Å²) in [5.41, 5.74) is 0. The van der Waals surface area contributed by atoms with Crippen molar-refractivity contribution < 1.29 is 9.53 Å². The van der Waals surface area contributed by atoms with Gasteiger partial charge in [0.15, 0.2) is 0 Å². The van der Waals surface area contributed by atoms with Crippen molar-refractivity contribution >= 4 is 21.8 Å². The van der Waals surface area contributed by atoms with E-state index in [-0.39, 0.29) is 11.9 Å². The molecule has 2 rings (SSSR count). The molecule has 0 spiro atoms. The van der Waals surface area contributed by atoms with Crippen LogP contribution in [0.25, 0.3) is 0 Å². The van der Waals surface area contributed by atoms with E-state index in [1.54, 1.807) is 0 Å². The van der Waals surface area contributed by atoms with Crippen LogP contribution in [0.3, 0.4) is 0 Å². The third kappa shape index (κ3) is 5.67. The SMILES string of the molecule is CC1CCNCC1NC(=O)CCCOc1cccc(Br)c1. The first-order valence-electron chi connectivity index (χ1n) is 7.53. The summed E-state index contributed by atoms with van der Waals surface area (Å²) in [6.45, 7) is 4.68. The molecule has 2 unspecified atom stereocenters. The minimum atomic E-state index is 0.119. The molecule has 1 saturated heterocycles. The lowest BCUT2D eigenvalue weighted by Gasteiger charge is -2.30. The molecule has 2 atom stereocenters. The average molecular weight is 355 g/mol. The second-order valence-electron chi connectivity index (χ2n) is 5.55. The Labute approximate surface area is 134 Å². The summed E-state index contributed by atoms with van der Waals surface area (Å²) in [7, 11) is 0. The number of amides is 1. The van der Waals surface area contributed by atoms with E-state index in [9.17, 15) is 4.79 Å². The highest BCUT2D eigenvalue weighted by Gasteiger charge is 2.22. The molecule has 1 aromatic carbocycles. The van der Waals surface area contributed by atoms with Crippen molar-refractivity contribution in [3.05, 3.63) is 28.7 Å². The van der Waals surface area contributed by atoms with Crippen LogP contribution in [-0.4, -0.2) is 31.6 Å². The van der Waals surface area contributed by atoms with Gasteiger partial charge < -0.3 is 15.4 Å². The molecule has 21 heavy (non-hydrogen) atoms. The fourth-order valence-corrected chi connectivity index (χ4v) is 2.82. The molecule has 0 saturated carbocycles. The predicted molar refractivity (Wildman–Crippen MR) is 87.5 cm³/mol. The second-order valence-corrected chi connectivity index (χ2v) is 6.47. The Morgan fingerprint density at radius 3 is 3.14 bits per heavy atom. The molecule has 4 nitrogen and oxygen atoms in total. The number of carbonyl (C=O) groups is 1. The fraction of sp³-hybridized carbons (Fsp3) is 0.562. The number of nitrogens with one attached hydrogen (secondary N) is 2. The van der Waals surface area contributed by atoms with Gasteiger partial charge in [0.25, 0.3) is 0 Å². The molecule has 1 aromatic rings. The molecule has 1 amide bonds. The van der Waals surface area contributed by atoms with Crippen molar-refractivity contribution in [1.82, 2.24) is 10.6 Å². The van der Waals surface area contributed by atoms with Crippen LogP contribution in [-0.2, 0) is 4.79 Å². The van der Waals surface area contributed by atoms with E-state index in [1.165, 1.54) is 0 Å². The van der Waals surface area contributed by atoms with Gasteiger partial charge in [-0.2, -0.15) is 0 Å². The first kappa shape index (κ1) is 16.3. The lowest BCUT2D eigenvalue weighted by molar-refractivity contribution is -0.122. The third-order valence-electron chi connectivity index (χ3n) is 3.79. The van der Waals surface area contributed by atoms with Crippen LogP contribution in [0, 0.1) is 5.92 Å². The van der Waals surface area contributed by atoms with Crippen LogP contribution in [0.5, 0.6) is 5.75 Å². The minimum absolute atomic E-state index is 0.119. The summed E-state index contributed by atoms with van der Waals surface area (Å²) in [6, 6.07) is 8.00. The van der Waals surface area contributed by atoms with E-state index in [0.29, 0.717) is 18.9 Å². The van der Waals surface area contributed by atoms with Gasteiger partial charge in [0.2, 0.25) is 5.91 Å². The number of hydrogen-bond donors (Lipinski definition) is 2. The maximum Gasteiger partial charge on any atom is 0.220 e. The topological polar surface area (TPSA) is 50.4 Å². The number of benzene rings is 1. The van der Waals surface area contributed by atoms with E-state index < -0.39 is 0 Å². The molecule has 1 aliphatic heterocycles. The van der Waals surface area contributed by atoms with Crippen LogP contribution in [0.1, 0.15) is 26.2 Å². The van der Waals surface area contributed by atoms with Crippen molar-refractivity contribution in [2.75, 3.05) is 19.7 Å². The predicted octanol–water partition coefficient (Wildman–Crippen LogP) is 2.72. The van der Waals surface area contributed by atoms with Gasteiger partial charge in [0.1, 0.15) is 5.75 Å². The van der Waals surface area contributed by atoms with Crippen LogP contribution < -0.4 is 15.4 Å². The zero-order valence-electron chi connectivity index (χ0n) is 12.4. The van der Waals surface area contributed by atoms with Gasteiger partial charge in [-0.1, -0.05) is 28.9 Å². The number of piperidine rings is 1.